The molecule has 1 rings (SSSR count). The minimum Gasteiger partial charge on any atom is -0.469 e. The van der Waals surface area contributed by atoms with Crippen LogP contribution < -0.4 is 0 Å². The molecular formula is C9H9NO3S. The van der Waals surface area contributed by atoms with Gasteiger partial charge in [0.1, 0.15) is 10.9 Å². The molecule has 0 saturated carbocycles. The normalized spacial score (nSPS) is 11.8. The van der Waals surface area contributed by atoms with Gasteiger partial charge in [-0.3, -0.25) is 4.79 Å². The molecule has 0 fully saturated rings. The van der Waals surface area contributed by atoms with Gasteiger partial charge in [0.25, 0.3) is 0 Å². The van der Waals surface area contributed by atoms with Crippen LogP contribution in [0.1, 0.15) is 22.3 Å². The molecule has 1 atom stereocenters. The van der Waals surface area contributed by atoms with Gasteiger partial charge in [-0.15, -0.1) is 11.3 Å². The molecule has 4 nitrogen and oxygen atoms in total. The van der Waals surface area contributed by atoms with Crippen LogP contribution in [-0.2, 0) is 9.53 Å². The highest BCUT2D eigenvalue weighted by molar-refractivity contribution is 7.12. The minimum absolute atomic E-state index is 0.0815. The van der Waals surface area contributed by atoms with E-state index in [0.29, 0.717) is 9.75 Å². The molecule has 0 bridgehead atoms. The van der Waals surface area contributed by atoms with Crippen molar-refractivity contribution in [3.63, 3.8) is 0 Å². The molecule has 0 aliphatic heterocycles. The number of nitriles is 1. The Morgan fingerprint density at radius 1 is 1.79 bits per heavy atom. The van der Waals surface area contributed by atoms with E-state index in [1.54, 1.807) is 12.1 Å². The monoisotopic (exact) mass is 211 g/mol. The van der Waals surface area contributed by atoms with Crippen LogP contribution in [0.3, 0.4) is 0 Å². The smallest absolute Gasteiger partial charge is 0.308 e. The summed E-state index contributed by atoms with van der Waals surface area (Å²) in [5, 5.41) is 18.1. The van der Waals surface area contributed by atoms with E-state index in [2.05, 4.69) is 4.74 Å². The summed E-state index contributed by atoms with van der Waals surface area (Å²) in [6.07, 6.45) is -0.962. The molecule has 0 saturated heterocycles. The number of aliphatic hydroxyl groups excluding tert-OH is 1. The fourth-order valence-corrected chi connectivity index (χ4v) is 1.72. The van der Waals surface area contributed by atoms with Gasteiger partial charge in [0, 0.05) is 4.88 Å². The van der Waals surface area contributed by atoms with E-state index in [9.17, 15) is 9.90 Å². The van der Waals surface area contributed by atoms with Gasteiger partial charge in [-0.05, 0) is 12.1 Å². The largest absolute Gasteiger partial charge is 0.469 e. The summed E-state index contributed by atoms with van der Waals surface area (Å²) in [6, 6.07) is 5.21. The maximum Gasteiger partial charge on any atom is 0.308 e. The third-order valence-corrected chi connectivity index (χ3v) is 2.74. The first-order chi connectivity index (χ1) is 6.67. The Kier molecular flexibility index (Phi) is 3.63. The molecule has 14 heavy (non-hydrogen) atoms. The number of carbonyl (C=O) groups excluding carboxylic acids is 1. The number of hydrogen-bond acceptors (Lipinski definition) is 5. The average Bonchev–Trinajstić information content (AvgIpc) is 2.65. The Balaban J connectivity index is 2.65. The summed E-state index contributed by atoms with van der Waals surface area (Å²) < 4.78 is 4.42. The lowest BCUT2D eigenvalue weighted by Gasteiger charge is -2.05. The zero-order chi connectivity index (χ0) is 10.6. The number of ether oxygens (including phenoxy) is 1. The maximum absolute atomic E-state index is 10.8. The molecule has 74 valence electrons. The van der Waals surface area contributed by atoms with E-state index in [1.165, 1.54) is 18.4 Å². The molecule has 1 heterocycles. The van der Waals surface area contributed by atoms with Crippen LogP contribution >= 0.6 is 11.3 Å². The van der Waals surface area contributed by atoms with Gasteiger partial charge >= 0.3 is 5.97 Å². The fourth-order valence-electron chi connectivity index (χ4n) is 0.934. The summed E-state index contributed by atoms with van der Waals surface area (Å²) in [4.78, 5) is 12.0. The third kappa shape index (κ3) is 2.55. The van der Waals surface area contributed by atoms with E-state index in [-0.39, 0.29) is 6.42 Å². The highest BCUT2D eigenvalue weighted by Crippen LogP contribution is 2.25. The molecule has 0 amide bonds. The van der Waals surface area contributed by atoms with Crippen molar-refractivity contribution in [2.45, 2.75) is 12.5 Å². The Labute approximate surface area is 85.4 Å². The molecule has 1 aromatic heterocycles. The van der Waals surface area contributed by atoms with E-state index in [0.717, 1.165) is 0 Å². The number of carbonyl (C=O) groups is 1. The van der Waals surface area contributed by atoms with E-state index >= 15 is 0 Å². The Bertz CT molecular complexity index is 366. The zero-order valence-corrected chi connectivity index (χ0v) is 8.37. The summed E-state index contributed by atoms with van der Waals surface area (Å²) >= 11 is 1.17. The molecule has 0 aliphatic carbocycles. The lowest BCUT2D eigenvalue weighted by molar-refractivity contribution is -0.142. The van der Waals surface area contributed by atoms with Gasteiger partial charge in [-0.2, -0.15) is 5.26 Å². The highest BCUT2D eigenvalue weighted by Gasteiger charge is 2.15. The maximum atomic E-state index is 10.8. The number of hydrogen-bond donors (Lipinski definition) is 1. The number of rotatable bonds is 3. The molecule has 1 aromatic rings. The number of aliphatic hydroxyl groups is 1. The molecule has 5 heteroatoms. The summed E-state index contributed by atoms with van der Waals surface area (Å²) in [5.41, 5.74) is 0. The first-order valence-electron chi connectivity index (χ1n) is 3.92. The number of nitrogens with zero attached hydrogens (tertiary/aromatic N) is 1. The highest BCUT2D eigenvalue weighted by atomic mass is 32.1. The lowest BCUT2D eigenvalue weighted by atomic mass is 10.2. The van der Waals surface area contributed by atoms with Gasteiger partial charge in [-0.1, -0.05) is 0 Å². The first kappa shape index (κ1) is 10.7. The summed E-state index contributed by atoms with van der Waals surface area (Å²) in [7, 11) is 1.27. The summed E-state index contributed by atoms with van der Waals surface area (Å²) in [5.74, 6) is -0.468. The van der Waals surface area contributed by atoms with Crippen LogP contribution in [0.2, 0.25) is 0 Å². The number of methoxy groups -OCH3 is 1. The quantitative estimate of drug-likeness (QED) is 0.763. The molecule has 1 N–H and O–H groups in total. The Hall–Kier alpha value is -1.38. The second kappa shape index (κ2) is 4.74. The molecule has 0 spiro atoms. The molecule has 0 aromatic carbocycles. The van der Waals surface area contributed by atoms with Gasteiger partial charge in [0.05, 0.1) is 19.6 Å². The molecule has 1 unspecified atom stereocenters. The van der Waals surface area contributed by atoms with Gasteiger partial charge in [0.2, 0.25) is 0 Å². The van der Waals surface area contributed by atoms with E-state index < -0.39 is 12.1 Å². The van der Waals surface area contributed by atoms with Crippen molar-refractivity contribution >= 4 is 17.3 Å². The van der Waals surface area contributed by atoms with Crippen molar-refractivity contribution in [3.8, 4) is 6.07 Å². The van der Waals surface area contributed by atoms with Crippen LogP contribution in [0, 0.1) is 11.3 Å². The second-order valence-electron chi connectivity index (χ2n) is 2.61. The predicted molar refractivity (Wildman–Crippen MR) is 50.6 cm³/mol. The van der Waals surface area contributed by atoms with Gasteiger partial charge in [-0.25, -0.2) is 0 Å². The minimum atomic E-state index is -0.880. The SMILES string of the molecule is COC(=O)CC(O)c1ccc(C#N)s1. The standard InChI is InChI=1S/C9H9NO3S/c1-13-9(12)4-7(11)8-3-2-6(5-10)14-8/h2-3,7,11H,4H2,1H3. The lowest BCUT2D eigenvalue weighted by Crippen LogP contribution is -2.06. The Morgan fingerprint density at radius 3 is 3.00 bits per heavy atom. The predicted octanol–water partition coefficient (Wildman–Crippen LogP) is 1.22. The van der Waals surface area contributed by atoms with E-state index in [4.69, 9.17) is 5.26 Å². The van der Waals surface area contributed by atoms with Crippen molar-refractivity contribution < 1.29 is 14.6 Å². The van der Waals surface area contributed by atoms with Gasteiger partial charge in [0.15, 0.2) is 0 Å². The molecular weight excluding hydrogens is 202 g/mol. The second-order valence-corrected chi connectivity index (χ2v) is 3.73. The average molecular weight is 211 g/mol. The molecule has 0 aliphatic rings. The topological polar surface area (TPSA) is 70.3 Å². The van der Waals surface area contributed by atoms with E-state index in [1.807, 2.05) is 6.07 Å². The van der Waals surface area contributed by atoms with Crippen molar-refractivity contribution in [1.29, 1.82) is 5.26 Å². The van der Waals surface area contributed by atoms with Crippen LogP contribution in [-0.4, -0.2) is 18.2 Å². The van der Waals surface area contributed by atoms with Crippen LogP contribution in [0.5, 0.6) is 0 Å². The van der Waals surface area contributed by atoms with Crippen molar-refractivity contribution in [2.75, 3.05) is 7.11 Å². The van der Waals surface area contributed by atoms with Crippen molar-refractivity contribution in [2.24, 2.45) is 0 Å². The first-order valence-corrected chi connectivity index (χ1v) is 4.73. The Morgan fingerprint density at radius 2 is 2.50 bits per heavy atom. The van der Waals surface area contributed by atoms with Crippen molar-refractivity contribution in [3.05, 3.63) is 21.9 Å². The zero-order valence-electron chi connectivity index (χ0n) is 7.56. The van der Waals surface area contributed by atoms with Crippen LogP contribution in [0.25, 0.3) is 0 Å². The summed E-state index contributed by atoms with van der Waals surface area (Å²) in [6.45, 7) is 0. The van der Waals surface area contributed by atoms with Crippen molar-refractivity contribution in [1.82, 2.24) is 0 Å². The third-order valence-electron chi connectivity index (χ3n) is 1.65. The fraction of sp³-hybridized carbons (Fsp3) is 0.333. The van der Waals surface area contributed by atoms with Crippen LogP contribution in [0.4, 0.5) is 0 Å². The molecule has 0 radical (unpaired) electrons. The van der Waals surface area contributed by atoms with Crippen LogP contribution in [0.15, 0.2) is 12.1 Å². The number of thiophene rings is 1. The van der Waals surface area contributed by atoms with Gasteiger partial charge < -0.3 is 9.84 Å². The number of esters is 1.